The van der Waals surface area contributed by atoms with Crippen LogP contribution in [0, 0.1) is 0 Å². The fraction of sp³-hybridized carbons (Fsp3) is 0.423. The molecule has 1 aromatic carbocycles. The zero-order chi connectivity index (χ0) is 25.7. The highest BCUT2D eigenvalue weighted by Gasteiger charge is 2.34. The molecule has 0 bridgehead atoms. The lowest BCUT2D eigenvalue weighted by molar-refractivity contribution is 0.0983. The Kier molecular flexibility index (Phi) is 8.37. The zero-order valence-electron chi connectivity index (χ0n) is 20.8. The summed E-state index contributed by atoms with van der Waals surface area (Å²) in [6, 6.07) is 9.26. The number of amides is 3. The highest BCUT2D eigenvalue weighted by Crippen LogP contribution is 2.32. The lowest BCUT2D eigenvalue weighted by Gasteiger charge is -2.31. The third-order valence-electron chi connectivity index (χ3n) is 6.41. The Morgan fingerprint density at radius 3 is 2.64 bits per heavy atom. The molecule has 0 aliphatic carbocycles. The number of nitrogens with zero attached hydrogens (tertiary/aromatic N) is 5. The van der Waals surface area contributed by atoms with E-state index in [1.54, 1.807) is 29.4 Å². The van der Waals surface area contributed by atoms with Crippen molar-refractivity contribution in [1.29, 1.82) is 0 Å². The maximum atomic E-state index is 13.1. The molecule has 10 heteroatoms. The van der Waals surface area contributed by atoms with Crippen LogP contribution in [0.25, 0.3) is 0 Å². The van der Waals surface area contributed by atoms with E-state index in [4.69, 9.17) is 4.74 Å². The van der Waals surface area contributed by atoms with Gasteiger partial charge in [-0.2, -0.15) is 5.10 Å². The summed E-state index contributed by atoms with van der Waals surface area (Å²) >= 11 is 1.04. The number of rotatable bonds is 7. The monoisotopic (exact) mass is 509 g/mol. The highest BCUT2D eigenvalue weighted by molar-refractivity contribution is 8.14. The molecule has 0 radical (unpaired) electrons. The Morgan fingerprint density at radius 1 is 1.17 bits per heavy atom. The van der Waals surface area contributed by atoms with Gasteiger partial charge in [0, 0.05) is 36.7 Å². The van der Waals surface area contributed by atoms with Crippen LogP contribution in [0.5, 0.6) is 0 Å². The van der Waals surface area contributed by atoms with Crippen molar-refractivity contribution < 1.29 is 19.1 Å². The van der Waals surface area contributed by atoms with E-state index in [9.17, 15) is 14.4 Å². The first-order chi connectivity index (χ1) is 17.4. The van der Waals surface area contributed by atoms with E-state index in [-0.39, 0.29) is 17.8 Å². The number of aryl methyl sites for hydroxylation is 1. The summed E-state index contributed by atoms with van der Waals surface area (Å²) in [5.74, 6) is -0.0609. The number of hydrogen-bond donors (Lipinski definition) is 0. The molecule has 1 atom stereocenters. The van der Waals surface area contributed by atoms with Crippen LogP contribution in [0.1, 0.15) is 48.7 Å². The minimum atomic E-state index is -0.767. The normalized spacial score (nSPS) is 17.6. The lowest BCUT2D eigenvalue weighted by atomic mass is 9.96. The van der Waals surface area contributed by atoms with E-state index >= 15 is 0 Å². The Labute approximate surface area is 215 Å². The van der Waals surface area contributed by atoms with Crippen LogP contribution in [-0.2, 0) is 11.2 Å². The SMILES string of the molecule is CCN(CC)CCOC(=O)N1N=C(c2ccc3c(c2)CCCN3C(=O)c2ccncc2)C(C)SC1=O. The number of hydrogen-bond acceptors (Lipinski definition) is 8. The molecular formula is C26H31N5O4S. The van der Waals surface area contributed by atoms with Gasteiger partial charge < -0.3 is 14.5 Å². The third-order valence-corrected chi connectivity index (χ3v) is 7.36. The van der Waals surface area contributed by atoms with E-state index in [2.05, 4.69) is 15.0 Å². The van der Waals surface area contributed by atoms with Crippen LogP contribution >= 0.6 is 11.8 Å². The van der Waals surface area contributed by atoms with Crippen molar-refractivity contribution in [2.75, 3.05) is 37.7 Å². The van der Waals surface area contributed by atoms with Gasteiger partial charge in [-0.1, -0.05) is 31.7 Å². The molecule has 36 heavy (non-hydrogen) atoms. The molecule has 4 rings (SSSR count). The van der Waals surface area contributed by atoms with Crippen LogP contribution in [0.3, 0.4) is 0 Å². The summed E-state index contributed by atoms with van der Waals surface area (Å²) in [5.41, 5.74) is 3.94. The van der Waals surface area contributed by atoms with Crippen molar-refractivity contribution in [3.63, 3.8) is 0 Å². The molecule has 0 fully saturated rings. The van der Waals surface area contributed by atoms with Crippen molar-refractivity contribution in [1.82, 2.24) is 14.9 Å². The topological polar surface area (TPSA) is 95.4 Å². The predicted octanol–water partition coefficient (Wildman–Crippen LogP) is 4.41. The van der Waals surface area contributed by atoms with Crippen molar-refractivity contribution in [2.24, 2.45) is 5.10 Å². The number of carbonyl (C=O) groups is 3. The molecule has 0 saturated carbocycles. The van der Waals surface area contributed by atoms with Gasteiger partial charge in [0.1, 0.15) is 6.61 Å². The average Bonchev–Trinajstić information content (AvgIpc) is 2.90. The molecule has 3 heterocycles. The van der Waals surface area contributed by atoms with Gasteiger partial charge in [0.25, 0.3) is 5.91 Å². The van der Waals surface area contributed by atoms with Crippen LogP contribution in [-0.4, -0.2) is 75.9 Å². The summed E-state index contributed by atoms with van der Waals surface area (Å²) < 4.78 is 5.33. The number of aromatic nitrogens is 1. The Hall–Kier alpha value is -3.24. The van der Waals surface area contributed by atoms with Gasteiger partial charge >= 0.3 is 11.3 Å². The van der Waals surface area contributed by atoms with Crippen molar-refractivity contribution in [2.45, 2.75) is 38.9 Å². The van der Waals surface area contributed by atoms with E-state index < -0.39 is 11.3 Å². The summed E-state index contributed by atoms with van der Waals surface area (Å²) in [6.45, 7) is 9.12. The smallest absolute Gasteiger partial charge is 0.438 e. The number of benzene rings is 1. The van der Waals surface area contributed by atoms with Crippen molar-refractivity contribution in [3.05, 3.63) is 59.4 Å². The van der Waals surface area contributed by atoms with Gasteiger partial charge in [0.2, 0.25) is 0 Å². The first-order valence-corrected chi connectivity index (χ1v) is 13.1. The van der Waals surface area contributed by atoms with Crippen LogP contribution in [0.4, 0.5) is 15.3 Å². The largest absolute Gasteiger partial charge is 0.446 e. The number of pyridine rings is 1. The summed E-state index contributed by atoms with van der Waals surface area (Å²) in [4.78, 5) is 46.2. The second kappa shape index (κ2) is 11.7. The molecule has 2 aromatic rings. The van der Waals surface area contributed by atoms with Crippen molar-refractivity contribution >= 4 is 40.4 Å². The minimum Gasteiger partial charge on any atom is -0.446 e. The maximum Gasteiger partial charge on any atom is 0.438 e. The molecule has 0 N–H and O–H groups in total. The number of ether oxygens (including phenoxy) is 1. The molecule has 2 aliphatic heterocycles. The molecular weight excluding hydrogens is 478 g/mol. The molecule has 1 unspecified atom stereocenters. The number of imide groups is 1. The number of anilines is 1. The van der Waals surface area contributed by atoms with Crippen LogP contribution in [0.15, 0.2) is 47.8 Å². The van der Waals surface area contributed by atoms with E-state index in [1.165, 1.54) is 0 Å². The second-order valence-corrected chi connectivity index (χ2v) is 9.90. The number of carbonyl (C=O) groups excluding carboxylic acids is 3. The molecule has 1 aromatic heterocycles. The highest BCUT2D eigenvalue weighted by atomic mass is 32.2. The summed E-state index contributed by atoms with van der Waals surface area (Å²) in [6.07, 6.45) is 4.13. The number of thioether (sulfide) groups is 1. The second-order valence-electron chi connectivity index (χ2n) is 8.60. The number of fused-ring (bicyclic) bond motifs is 1. The van der Waals surface area contributed by atoms with Gasteiger partial charge in [-0.15, -0.1) is 5.01 Å². The molecule has 190 valence electrons. The third kappa shape index (κ3) is 5.60. The molecule has 3 amide bonds. The fourth-order valence-electron chi connectivity index (χ4n) is 4.38. The Morgan fingerprint density at radius 2 is 1.92 bits per heavy atom. The minimum absolute atomic E-state index is 0.0609. The van der Waals surface area contributed by atoms with Crippen LogP contribution in [0.2, 0.25) is 0 Å². The van der Waals surface area contributed by atoms with Gasteiger partial charge in [-0.3, -0.25) is 14.6 Å². The summed E-state index contributed by atoms with van der Waals surface area (Å²) in [7, 11) is 0. The van der Waals surface area contributed by atoms with E-state index in [0.717, 1.165) is 59.5 Å². The van der Waals surface area contributed by atoms with Gasteiger partial charge in [-0.25, -0.2) is 4.79 Å². The molecule has 9 nitrogen and oxygen atoms in total. The van der Waals surface area contributed by atoms with E-state index in [1.807, 2.05) is 39.0 Å². The predicted molar refractivity (Wildman–Crippen MR) is 141 cm³/mol. The van der Waals surface area contributed by atoms with Crippen LogP contribution < -0.4 is 4.90 Å². The van der Waals surface area contributed by atoms with Gasteiger partial charge in [0.05, 0.1) is 11.0 Å². The maximum absolute atomic E-state index is 13.1. The number of likely N-dealkylation sites (N-methyl/N-ethyl adjacent to an activating group) is 1. The van der Waals surface area contributed by atoms with Gasteiger partial charge in [-0.05, 0) is 68.2 Å². The average molecular weight is 510 g/mol. The first kappa shape index (κ1) is 25.8. The fourth-order valence-corrected chi connectivity index (χ4v) is 5.19. The first-order valence-electron chi connectivity index (χ1n) is 12.3. The molecule has 0 saturated heterocycles. The van der Waals surface area contributed by atoms with E-state index in [0.29, 0.717) is 24.4 Å². The number of hydrazone groups is 1. The zero-order valence-corrected chi connectivity index (χ0v) is 21.7. The lowest BCUT2D eigenvalue weighted by Crippen LogP contribution is -2.39. The molecule has 2 aliphatic rings. The Balaban J connectivity index is 1.54. The van der Waals surface area contributed by atoms with Crippen molar-refractivity contribution in [3.8, 4) is 0 Å². The summed E-state index contributed by atoms with van der Waals surface area (Å²) in [5, 5.41) is 4.55. The quantitative estimate of drug-likeness (QED) is 0.545. The standard InChI is InChI=1S/C26H31N5O4S/c1-4-29(5-2)15-16-35-25(33)31-26(34)36-18(3)23(28-31)21-8-9-22-20(17-21)7-6-14-30(22)24(32)19-10-12-27-13-11-19/h8-13,17-18H,4-7,14-16H2,1-3H3. The Bertz CT molecular complexity index is 1150. The molecule has 0 spiro atoms. The van der Waals surface area contributed by atoms with Gasteiger partial charge in [0.15, 0.2) is 0 Å².